The van der Waals surface area contributed by atoms with Gasteiger partial charge in [0.2, 0.25) is 0 Å². The van der Waals surface area contributed by atoms with Gasteiger partial charge in [-0.25, -0.2) is 20.1 Å². The summed E-state index contributed by atoms with van der Waals surface area (Å²) in [5, 5.41) is 10.2. The normalized spacial score (nSPS) is 13.8. The maximum atomic E-state index is 10.4. The van der Waals surface area contributed by atoms with Gasteiger partial charge in [0.05, 0.1) is 6.54 Å². The van der Waals surface area contributed by atoms with E-state index in [0.717, 1.165) is 5.56 Å². The van der Waals surface area contributed by atoms with Crippen molar-refractivity contribution < 1.29 is 56.4 Å². The summed E-state index contributed by atoms with van der Waals surface area (Å²) in [6, 6.07) is 3.52. The predicted octanol–water partition coefficient (Wildman–Crippen LogP) is -2.31. The number of rotatable bonds is 3. The van der Waals surface area contributed by atoms with Gasteiger partial charge in [0.15, 0.2) is 5.03 Å². The number of nitrogens with one attached hydrogen (secondary N) is 1. The average Bonchev–Trinajstić information content (AvgIpc) is 2.68. The van der Waals surface area contributed by atoms with Crippen LogP contribution in [0, 0.1) is 10.1 Å². The number of guanidine groups is 1. The molecule has 0 radical (unpaired) electrons. The molecule has 0 amide bonds. The molecule has 0 atom stereocenters. The van der Waals surface area contributed by atoms with Crippen LogP contribution in [0.2, 0.25) is 5.15 Å². The molecule has 9 heteroatoms. The van der Waals surface area contributed by atoms with E-state index >= 15 is 0 Å². The minimum Gasteiger partial charge on any atom is -0.332 e. The minimum atomic E-state index is -0.614. The van der Waals surface area contributed by atoms with Gasteiger partial charge in [0, 0.05) is 19.3 Å². The van der Waals surface area contributed by atoms with Crippen molar-refractivity contribution in [1.29, 1.82) is 0 Å². The van der Waals surface area contributed by atoms with Gasteiger partial charge < -0.3 is 4.90 Å². The van der Waals surface area contributed by atoms with E-state index in [4.69, 9.17) is 11.6 Å². The molecular weight excluding hydrogens is 285 g/mol. The summed E-state index contributed by atoms with van der Waals surface area (Å²) in [5.74, 6) is 0.282. The molecule has 2 heterocycles. The van der Waals surface area contributed by atoms with Crippen molar-refractivity contribution >= 4 is 17.6 Å². The number of hydrogen-bond acceptors (Lipinski definition) is 5. The molecule has 2 rings (SSSR count). The molecule has 0 bridgehead atoms. The van der Waals surface area contributed by atoms with Crippen molar-refractivity contribution in [3.8, 4) is 0 Å². The molecule has 0 saturated carbocycles. The predicted molar refractivity (Wildman–Crippen MR) is 62.1 cm³/mol. The summed E-state index contributed by atoms with van der Waals surface area (Å²) in [6.45, 7) is 1.72. The van der Waals surface area contributed by atoms with E-state index in [0.29, 0.717) is 24.8 Å². The van der Waals surface area contributed by atoms with Crippen LogP contribution in [0.4, 0.5) is 0 Å². The molecule has 1 aromatic rings. The smallest absolute Gasteiger partial charge is 0.332 e. The first kappa shape index (κ1) is 15.8. The van der Waals surface area contributed by atoms with E-state index < -0.39 is 5.03 Å². The molecule has 0 saturated heterocycles. The molecule has 0 unspecified atom stereocenters. The number of aromatic nitrogens is 1. The molecule has 0 spiro atoms. The van der Waals surface area contributed by atoms with Gasteiger partial charge >= 0.3 is 51.4 Å². The number of halogens is 1. The molecular formula is C9H10ClKN5O2+. The molecule has 1 aliphatic rings. The van der Waals surface area contributed by atoms with E-state index in [1.54, 1.807) is 17.2 Å². The third-order valence-electron chi connectivity index (χ3n) is 2.28. The summed E-state index contributed by atoms with van der Waals surface area (Å²) >= 11 is 5.68. The van der Waals surface area contributed by atoms with Gasteiger partial charge in [-0.3, -0.25) is 0 Å². The standard InChI is InChI=1S/C9H10ClN5O2.K/c10-8-2-1-7(5-12-8)6-14-4-3-11-9(14)13-15(16)17;/h1-2,5H,3-4,6H2,(H,11,13);/q;+1. The molecule has 0 aromatic carbocycles. The zero-order valence-corrected chi connectivity index (χ0v) is 13.7. The first-order valence-corrected chi connectivity index (χ1v) is 5.34. The van der Waals surface area contributed by atoms with Crippen molar-refractivity contribution in [2.24, 2.45) is 4.99 Å². The number of pyridine rings is 1. The van der Waals surface area contributed by atoms with Gasteiger partial charge in [-0.15, -0.1) is 0 Å². The zero-order valence-electron chi connectivity index (χ0n) is 9.84. The quantitative estimate of drug-likeness (QED) is 0.293. The van der Waals surface area contributed by atoms with Crippen LogP contribution in [0.25, 0.3) is 0 Å². The molecule has 1 aromatic heterocycles. The van der Waals surface area contributed by atoms with Crippen LogP contribution >= 0.6 is 11.6 Å². The fourth-order valence-electron chi connectivity index (χ4n) is 1.54. The van der Waals surface area contributed by atoms with Crippen LogP contribution in [0.15, 0.2) is 23.3 Å². The number of hydrogen-bond donors (Lipinski definition) is 1. The number of aliphatic imine (C=N–C) groups is 1. The van der Waals surface area contributed by atoms with Crippen LogP contribution in [0.3, 0.4) is 0 Å². The van der Waals surface area contributed by atoms with Gasteiger partial charge in [0.25, 0.3) is 5.96 Å². The van der Waals surface area contributed by atoms with Crippen molar-refractivity contribution in [2.75, 3.05) is 13.1 Å². The van der Waals surface area contributed by atoms with Gasteiger partial charge in [-0.05, 0) is 11.6 Å². The molecule has 0 fully saturated rings. The zero-order chi connectivity index (χ0) is 12.3. The van der Waals surface area contributed by atoms with E-state index in [-0.39, 0.29) is 57.3 Å². The monoisotopic (exact) mass is 294 g/mol. The van der Waals surface area contributed by atoms with Crippen molar-refractivity contribution in [3.05, 3.63) is 39.2 Å². The van der Waals surface area contributed by atoms with Gasteiger partial charge in [0.1, 0.15) is 5.15 Å². The van der Waals surface area contributed by atoms with E-state index in [1.165, 1.54) is 0 Å². The third-order valence-corrected chi connectivity index (χ3v) is 2.51. The van der Waals surface area contributed by atoms with Crippen LogP contribution in [0.1, 0.15) is 5.56 Å². The van der Waals surface area contributed by atoms with Crippen LogP contribution in [-0.2, 0) is 6.54 Å². The van der Waals surface area contributed by atoms with Crippen LogP contribution in [0.5, 0.6) is 0 Å². The Kier molecular flexibility index (Phi) is 6.46. The Morgan fingerprint density at radius 2 is 2.33 bits per heavy atom. The largest absolute Gasteiger partial charge is 1.00 e. The maximum absolute atomic E-state index is 10.4. The average molecular weight is 295 g/mol. The second-order valence-electron chi connectivity index (χ2n) is 3.48. The maximum Gasteiger partial charge on any atom is 1.00 e. The second-order valence-corrected chi connectivity index (χ2v) is 3.87. The number of nitrogens with zero attached hydrogens (tertiary/aromatic N) is 4. The second kappa shape index (κ2) is 7.36. The summed E-state index contributed by atoms with van der Waals surface area (Å²) in [6.07, 6.45) is 1.64. The van der Waals surface area contributed by atoms with Gasteiger partial charge in [-0.1, -0.05) is 23.1 Å². The molecule has 18 heavy (non-hydrogen) atoms. The summed E-state index contributed by atoms with van der Waals surface area (Å²) in [5.41, 5.74) is 3.00. The molecule has 90 valence electrons. The van der Waals surface area contributed by atoms with Crippen LogP contribution in [-0.4, -0.2) is 34.0 Å². The van der Waals surface area contributed by atoms with Gasteiger partial charge in [-0.2, -0.15) is 0 Å². The van der Waals surface area contributed by atoms with Crippen LogP contribution < -0.4 is 56.8 Å². The Labute approximate surface area is 151 Å². The first-order chi connectivity index (χ1) is 8.15. The van der Waals surface area contributed by atoms with E-state index in [9.17, 15) is 10.1 Å². The fraction of sp³-hybridized carbons (Fsp3) is 0.333. The Balaban J connectivity index is 0.00000162. The van der Waals surface area contributed by atoms with E-state index in [1.807, 2.05) is 6.07 Å². The topological polar surface area (TPSA) is 83.7 Å². The Hall–Kier alpha value is -0.254. The van der Waals surface area contributed by atoms with Crippen molar-refractivity contribution in [1.82, 2.24) is 15.3 Å². The van der Waals surface area contributed by atoms with Crippen molar-refractivity contribution in [2.45, 2.75) is 6.54 Å². The third kappa shape index (κ3) is 4.45. The summed E-state index contributed by atoms with van der Waals surface area (Å²) in [7, 11) is 0. The summed E-state index contributed by atoms with van der Waals surface area (Å²) in [4.78, 5) is 20.1. The molecule has 7 nitrogen and oxygen atoms in total. The van der Waals surface area contributed by atoms with E-state index in [2.05, 4.69) is 15.4 Å². The number of hydrazine groups is 1. The Morgan fingerprint density at radius 1 is 1.56 bits per heavy atom. The fourth-order valence-corrected chi connectivity index (χ4v) is 1.66. The molecule has 1 N–H and O–H groups in total. The number of nitro groups is 1. The molecule has 0 aliphatic carbocycles. The SMILES string of the molecule is O=[N+]([O-])NC1=NCCN1Cc1ccc(Cl)nc1.[K+]. The first-order valence-electron chi connectivity index (χ1n) is 4.96. The molecule has 1 aliphatic heterocycles. The van der Waals surface area contributed by atoms with Crippen molar-refractivity contribution in [3.63, 3.8) is 0 Å². The Bertz CT molecular complexity index is 453. The Morgan fingerprint density at radius 3 is 2.94 bits per heavy atom. The summed E-state index contributed by atoms with van der Waals surface area (Å²) < 4.78 is 0. The minimum absolute atomic E-state index is 0.